The number of hydrogen-bond donors (Lipinski definition) is 5. The van der Waals surface area contributed by atoms with Gasteiger partial charge in [-0.1, -0.05) is 36.4 Å². The molecule has 5 rings (SSSR count). The first-order chi connectivity index (χ1) is 22.0. The topological polar surface area (TPSA) is 134 Å². The van der Waals surface area contributed by atoms with Crippen LogP contribution < -0.4 is 21.3 Å². The molecule has 2 aliphatic rings. The number of aromatic nitrogens is 2. The molecule has 3 atom stereocenters. The van der Waals surface area contributed by atoms with Gasteiger partial charge in [0, 0.05) is 35.4 Å². The van der Waals surface area contributed by atoms with Crippen LogP contribution >= 0.6 is 0 Å². The molecule has 3 aromatic rings. The van der Waals surface area contributed by atoms with E-state index in [0.717, 1.165) is 48.3 Å². The number of benzene rings is 2. The normalized spacial score (nSPS) is 19.5. The van der Waals surface area contributed by atoms with Crippen molar-refractivity contribution in [2.75, 3.05) is 31.3 Å². The maximum atomic E-state index is 13.7. The number of fused-ring (bicyclic) bond motifs is 1. The third-order valence-electron chi connectivity index (χ3n) is 8.85. The maximum absolute atomic E-state index is 13.7. The Balaban J connectivity index is 1.19. The van der Waals surface area contributed by atoms with Crippen molar-refractivity contribution in [3.05, 3.63) is 89.1 Å². The molecule has 1 aliphatic heterocycles. The van der Waals surface area contributed by atoms with Crippen molar-refractivity contribution < 1.29 is 14.4 Å². The molecular weight excluding hydrogens is 580 g/mol. The summed E-state index contributed by atoms with van der Waals surface area (Å²) in [7, 11) is 4.01. The van der Waals surface area contributed by atoms with Crippen LogP contribution in [0.15, 0.2) is 66.7 Å². The Morgan fingerprint density at radius 3 is 2.48 bits per heavy atom. The van der Waals surface area contributed by atoms with E-state index < -0.39 is 5.54 Å². The molecule has 1 aliphatic carbocycles. The Kier molecular flexibility index (Phi) is 10.1. The van der Waals surface area contributed by atoms with E-state index in [-0.39, 0.29) is 36.0 Å². The van der Waals surface area contributed by atoms with E-state index in [1.165, 1.54) is 6.08 Å². The molecule has 11 heteroatoms. The van der Waals surface area contributed by atoms with Crippen LogP contribution in [-0.2, 0) is 16.9 Å². The van der Waals surface area contributed by atoms with Gasteiger partial charge in [0.15, 0.2) is 5.82 Å². The highest BCUT2D eigenvalue weighted by Crippen LogP contribution is 2.41. The van der Waals surface area contributed by atoms with Gasteiger partial charge in [0.05, 0.1) is 23.8 Å². The van der Waals surface area contributed by atoms with Crippen molar-refractivity contribution in [3.8, 4) is 0 Å². The fourth-order valence-corrected chi connectivity index (χ4v) is 6.43. The number of likely N-dealkylation sites (N-methyl/N-ethyl adjacent to an activating group) is 1. The zero-order valence-electron chi connectivity index (χ0n) is 27.4. The van der Waals surface area contributed by atoms with Crippen molar-refractivity contribution >= 4 is 29.4 Å². The van der Waals surface area contributed by atoms with Crippen LogP contribution in [0.1, 0.15) is 79.7 Å². The van der Waals surface area contributed by atoms with Crippen molar-refractivity contribution in [2.24, 2.45) is 0 Å². The average molecular weight is 627 g/mol. The summed E-state index contributed by atoms with van der Waals surface area (Å²) in [6.45, 7) is 6.99. The van der Waals surface area contributed by atoms with E-state index in [4.69, 9.17) is 0 Å². The summed E-state index contributed by atoms with van der Waals surface area (Å²) in [6, 6.07) is 16.8. The monoisotopic (exact) mass is 626 g/mol. The highest BCUT2D eigenvalue weighted by molar-refractivity contribution is 6.00. The van der Waals surface area contributed by atoms with Gasteiger partial charge in [-0.15, -0.1) is 0 Å². The second-order valence-electron chi connectivity index (χ2n) is 13.0. The summed E-state index contributed by atoms with van der Waals surface area (Å²) in [5, 5.41) is 20.7. The van der Waals surface area contributed by atoms with Crippen LogP contribution in [-0.4, -0.2) is 70.6 Å². The van der Waals surface area contributed by atoms with E-state index in [9.17, 15) is 14.4 Å². The first-order valence-corrected chi connectivity index (χ1v) is 16.0. The SMILES string of the molecule is C/C=C/C(=O)Nc1ccc(C(=O)N[C@@H]2CCC[C@@H](Nc3n[nH]c4c3CN(C(=O)N[C@H](CN(C)C)c3ccccc3)C4(C)C)C2)cc1. The molecule has 0 saturated heterocycles. The van der Waals surface area contributed by atoms with E-state index in [0.29, 0.717) is 24.3 Å². The van der Waals surface area contributed by atoms with Crippen LogP contribution in [0.2, 0.25) is 0 Å². The van der Waals surface area contributed by atoms with E-state index in [1.807, 2.05) is 63.2 Å². The molecule has 0 bridgehead atoms. The fraction of sp³-hybridized carbons (Fsp3) is 0.429. The predicted octanol–water partition coefficient (Wildman–Crippen LogP) is 5.14. The summed E-state index contributed by atoms with van der Waals surface area (Å²) in [6.07, 6.45) is 6.72. The summed E-state index contributed by atoms with van der Waals surface area (Å²) in [5.74, 6) is 0.419. The number of aromatic amines is 1. The van der Waals surface area contributed by atoms with Gasteiger partial charge in [-0.25, -0.2) is 4.79 Å². The molecule has 4 amide bonds. The van der Waals surface area contributed by atoms with Gasteiger partial charge in [0.1, 0.15) is 0 Å². The lowest BCUT2D eigenvalue weighted by molar-refractivity contribution is -0.111. The number of urea groups is 1. The number of allylic oxidation sites excluding steroid dienone is 1. The first-order valence-electron chi connectivity index (χ1n) is 16.0. The third kappa shape index (κ3) is 7.59. The molecule has 0 spiro atoms. The summed E-state index contributed by atoms with van der Waals surface area (Å²) >= 11 is 0. The van der Waals surface area contributed by atoms with Gasteiger partial charge < -0.3 is 31.1 Å². The van der Waals surface area contributed by atoms with E-state index in [2.05, 4.69) is 36.4 Å². The molecule has 0 unspecified atom stereocenters. The lowest BCUT2D eigenvalue weighted by Crippen LogP contribution is -2.48. The van der Waals surface area contributed by atoms with Crippen molar-refractivity contribution in [1.82, 2.24) is 30.6 Å². The van der Waals surface area contributed by atoms with Crippen LogP contribution in [0.25, 0.3) is 0 Å². The van der Waals surface area contributed by atoms with Crippen LogP contribution in [0.5, 0.6) is 0 Å². The van der Waals surface area contributed by atoms with Gasteiger partial charge in [0.2, 0.25) is 5.91 Å². The lowest BCUT2D eigenvalue weighted by Gasteiger charge is -2.34. The number of rotatable bonds is 10. The van der Waals surface area contributed by atoms with E-state index in [1.54, 1.807) is 37.3 Å². The number of nitrogens with zero attached hydrogens (tertiary/aromatic N) is 3. The Labute approximate surface area is 271 Å². The van der Waals surface area contributed by atoms with Crippen LogP contribution in [0.3, 0.4) is 0 Å². The number of amides is 4. The van der Waals surface area contributed by atoms with Gasteiger partial charge in [-0.3, -0.25) is 14.7 Å². The Hall–Kier alpha value is -4.64. The number of nitrogens with one attached hydrogen (secondary N) is 5. The van der Waals surface area contributed by atoms with Gasteiger partial charge in [0.25, 0.3) is 5.91 Å². The third-order valence-corrected chi connectivity index (χ3v) is 8.85. The minimum atomic E-state index is -0.570. The minimum Gasteiger partial charge on any atom is -0.366 e. The zero-order chi connectivity index (χ0) is 32.8. The Bertz CT molecular complexity index is 1550. The number of hydrogen-bond acceptors (Lipinski definition) is 6. The number of carbonyl (C=O) groups excluding carboxylic acids is 3. The molecule has 5 N–H and O–H groups in total. The van der Waals surface area contributed by atoms with Gasteiger partial charge in [-0.2, -0.15) is 5.10 Å². The predicted molar refractivity (Wildman–Crippen MR) is 180 cm³/mol. The summed E-state index contributed by atoms with van der Waals surface area (Å²) in [4.78, 5) is 42.5. The maximum Gasteiger partial charge on any atom is 0.319 e. The summed E-state index contributed by atoms with van der Waals surface area (Å²) in [5.41, 5.74) is 3.60. The molecule has 46 heavy (non-hydrogen) atoms. The van der Waals surface area contributed by atoms with Crippen LogP contribution in [0.4, 0.5) is 16.3 Å². The molecule has 11 nitrogen and oxygen atoms in total. The molecule has 1 aromatic heterocycles. The first kappa shape index (κ1) is 32.7. The number of anilines is 2. The molecule has 244 valence electrons. The van der Waals surface area contributed by atoms with Crippen molar-refractivity contribution in [2.45, 2.75) is 76.7 Å². The number of H-pyrrole nitrogens is 1. The van der Waals surface area contributed by atoms with Crippen molar-refractivity contribution in [3.63, 3.8) is 0 Å². The Morgan fingerprint density at radius 2 is 1.78 bits per heavy atom. The fourth-order valence-electron chi connectivity index (χ4n) is 6.43. The summed E-state index contributed by atoms with van der Waals surface area (Å²) < 4.78 is 0. The molecule has 1 fully saturated rings. The van der Waals surface area contributed by atoms with Crippen molar-refractivity contribution in [1.29, 1.82) is 0 Å². The lowest BCUT2D eigenvalue weighted by atomic mass is 9.90. The average Bonchev–Trinajstić information content (AvgIpc) is 3.54. The second kappa shape index (κ2) is 14.2. The smallest absolute Gasteiger partial charge is 0.319 e. The molecule has 0 radical (unpaired) electrons. The number of carbonyl (C=O) groups is 3. The molecule has 2 aromatic carbocycles. The second-order valence-corrected chi connectivity index (χ2v) is 13.0. The largest absolute Gasteiger partial charge is 0.366 e. The highest BCUT2D eigenvalue weighted by atomic mass is 16.2. The van der Waals surface area contributed by atoms with Crippen LogP contribution in [0, 0.1) is 0 Å². The minimum absolute atomic E-state index is 0.0187. The standard InChI is InChI=1S/C35H46N8O3/c1-6-11-30(44)36-25-18-16-24(17-19-25)33(45)38-27-15-10-14-26(20-27)37-32-28-21-43(35(2,3)31(28)40-41-32)34(46)39-29(22-42(4)5)23-12-8-7-9-13-23/h6-9,11-13,16-19,26-27,29H,10,14-15,20-22H2,1-5H3,(H,36,44)(H,38,45)(H,39,46)(H2,37,40,41)/b11-6+/t26-,27-,29-/m1/s1. The van der Waals surface area contributed by atoms with Gasteiger partial charge in [-0.05, 0) is 96.5 Å². The van der Waals surface area contributed by atoms with E-state index >= 15 is 0 Å². The van der Waals surface area contributed by atoms with Gasteiger partial charge >= 0.3 is 6.03 Å². The Morgan fingerprint density at radius 1 is 1.07 bits per heavy atom. The molecular formula is C35H46N8O3. The quantitative estimate of drug-likeness (QED) is 0.198. The molecule has 2 heterocycles. The zero-order valence-corrected chi connectivity index (χ0v) is 27.4. The highest BCUT2D eigenvalue weighted by Gasteiger charge is 2.44. The molecule has 1 saturated carbocycles.